The molecule has 1 aliphatic rings. The minimum Gasteiger partial charge on any atom is -0.507 e. The molecule has 1 heterocycles. The smallest absolute Gasteiger partial charge is 0.295 e. The summed E-state index contributed by atoms with van der Waals surface area (Å²) in [5.74, 6) is -0.109. The number of methoxy groups -OCH3 is 1. The monoisotopic (exact) mass is 452 g/mol. The molecule has 0 aromatic heterocycles. The van der Waals surface area contributed by atoms with Gasteiger partial charge in [-0.3, -0.25) is 9.59 Å². The molecule has 1 aliphatic heterocycles. The quantitative estimate of drug-likeness (QED) is 0.354. The van der Waals surface area contributed by atoms with Crippen LogP contribution in [0.25, 0.3) is 5.76 Å². The van der Waals surface area contributed by atoms with Crippen molar-refractivity contribution in [3.63, 3.8) is 0 Å². The Hall–Kier alpha value is -3.32. The van der Waals surface area contributed by atoms with Crippen LogP contribution in [0.3, 0.4) is 0 Å². The summed E-state index contributed by atoms with van der Waals surface area (Å²) in [5.41, 5.74) is 2.07. The maximum atomic E-state index is 13.1. The van der Waals surface area contributed by atoms with E-state index >= 15 is 0 Å². The first-order valence-electron chi connectivity index (χ1n) is 11.1. The molecule has 1 fully saturated rings. The number of Topliss-reactive ketones (excluding diaryl/α,β-unsaturated/α-hetero) is 1. The first kappa shape index (κ1) is 24.3. The Morgan fingerprint density at radius 3 is 2.33 bits per heavy atom. The van der Waals surface area contributed by atoms with Crippen LogP contribution in [-0.4, -0.2) is 67.5 Å². The van der Waals surface area contributed by atoms with Gasteiger partial charge in [0.1, 0.15) is 17.3 Å². The molecular weight excluding hydrogens is 420 g/mol. The molecule has 176 valence electrons. The Balaban J connectivity index is 2.10. The number of likely N-dealkylation sites (tertiary alicyclic amines) is 1. The number of nitrogens with zero attached hydrogens (tertiary/aromatic N) is 2. The number of likely N-dealkylation sites (N-methyl/N-ethyl adjacent to an activating group) is 1. The minimum atomic E-state index is -0.688. The summed E-state index contributed by atoms with van der Waals surface area (Å²) in [7, 11) is 5.39. The van der Waals surface area contributed by atoms with Gasteiger partial charge in [-0.2, -0.15) is 0 Å². The molecule has 1 amide bonds. The van der Waals surface area contributed by atoms with Crippen molar-refractivity contribution >= 4 is 17.4 Å². The molecule has 33 heavy (non-hydrogen) atoms. The summed E-state index contributed by atoms with van der Waals surface area (Å²) in [4.78, 5) is 29.6. The first-order valence-corrected chi connectivity index (χ1v) is 11.1. The number of aryl methyl sites for hydroxylation is 1. The van der Waals surface area contributed by atoms with Crippen LogP contribution in [0.4, 0.5) is 0 Å². The maximum absolute atomic E-state index is 13.1. The lowest BCUT2D eigenvalue weighted by atomic mass is 9.94. The van der Waals surface area contributed by atoms with Gasteiger partial charge >= 0.3 is 0 Å². The first-order chi connectivity index (χ1) is 15.8. The summed E-state index contributed by atoms with van der Waals surface area (Å²) in [5, 5.41) is 11.3. The molecule has 1 N–H and O–H groups in total. The number of ether oxygens (including phenoxy) is 2. The Bertz CT molecular complexity index is 1040. The third-order valence-corrected chi connectivity index (χ3v) is 5.69. The number of amides is 1. The van der Waals surface area contributed by atoms with Crippen LogP contribution < -0.4 is 9.47 Å². The van der Waals surface area contributed by atoms with Gasteiger partial charge in [0.15, 0.2) is 0 Å². The predicted molar refractivity (Wildman–Crippen MR) is 128 cm³/mol. The average Bonchev–Trinajstić information content (AvgIpc) is 3.06. The summed E-state index contributed by atoms with van der Waals surface area (Å²) in [6.07, 6.45) is 0.896. The molecule has 3 rings (SSSR count). The number of ketones is 1. The molecule has 0 radical (unpaired) electrons. The van der Waals surface area contributed by atoms with Crippen molar-refractivity contribution in [1.29, 1.82) is 0 Å². The van der Waals surface area contributed by atoms with Gasteiger partial charge in [0.25, 0.3) is 11.7 Å². The van der Waals surface area contributed by atoms with Crippen molar-refractivity contribution in [1.82, 2.24) is 9.80 Å². The standard InChI is InChI=1S/C26H32N2O5/c1-6-15-33-19-9-7-18(8-10-19)23-22(25(30)26(31)28(23)14-13-27(3)4)24(29)21-12-11-20(32-5)16-17(21)2/h7-12,16,23,29H,6,13-15H2,1-5H3/b24-22-. The van der Waals surface area contributed by atoms with Crippen LogP contribution in [0.2, 0.25) is 0 Å². The normalized spacial score (nSPS) is 17.6. The molecule has 0 spiro atoms. The van der Waals surface area contributed by atoms with Gasteiger partial charge in [-0.15, -0.1) is 0 Å². The highest BCUT2D eigenvalue weighted by Crippen LogP contribution is 2.40. The van der Waals surface area contributed by atoms with Gasteiger partial charge in [-0.1, -0.05) is 19.1 Å². The van der Waals surface area contributed by atoms with Crippen molar-refractivity contribution in [2.75, 3.05) is 40.9 Å². The van der Waals surface area contributed by atoms with E-state index in [-0.39, 0.29) is 11.3 Å². The largest absolute Gasteiger partial charge is 0.507 e. The summed E-state index contributed by atoms with van der Waals surface area (Å²) in [6, 6.07) is 11.9. The summed E-state index contributed by atoms with van der Waals surface area (Å²) < 4.78 is 10.9. The topological polar surface area (TPSA) is 79.3 Å². The Morgan fingerprint density at radius 2 is 1.76 bits per heavy atom. The van der Waals surface area contributed by atoms with Gasteiger partial charge in [0.05, 0.1) is 25.3 Å². The van der Waals surface area contributed by atoms with Crippen molar-refractivity contribution in [3.8, 4) is 11.5 Å². The van der Waals surface area contributed by atoms with Gasteiger partial charge in [-0.25, -0.2) is 0 Å². The van der Waals surface area contributed by atoms with Crippen LogP contribution in [0, 0.1) is 6.92 Å². The lowest BCUT2D eigenvalue weighted by molar-refractivity contribution is -0.140. The number of hydrogen-bond donors (Lipinski definition) is 1. The van der Waals surface area contributed by atoms with E-state index in [2.05, 4.69) is 0 Å². The second-order valence-electron chi connectivity index (χ2n) is 8.39. The van der Waals surface area contributed by atoms with E-state index in [0.29, 0.717) is 31.0 Å². The molecule has 0 bridgehead atoms. The van der Waals surface area contributed by atoms with Gasteiger partial charge in [-0.05, 0) is 68.9 Å². The van der Waals surface area contributed by atoms with Crippen molar-refractivity contribution < 1.29 is 24.2 Å². The molecule has 7 nitrogen and oxygen atoms in total. The third-order valence-electron chi connectivity index (χ3n) is 5.69. The Morgan fingerprint density at radius 1 is 1.09 bits per heavy atom. The Labute approximate surface area is 195 Å². The van der Waals surface area contributed by atoms with E-state index in [1.165, 1.54) is 4.90 Å². The number of aliphatic hydroxyl groups is 1. The Kier molecular flexibility index (Phi) is 7.76. The van der Waals surface area contributed by atoms with E-state index in [0.717, 1.165) is 23.3 Å². The molecule has 1 atom stereocenters. The fourth-order valence-corrected chi connectivity index (χ4v) is 3.91. The van der Waals surface area contributed by atoms with Crippen LogP contribution in [0.1, 0.15) is 36.1 Å². The molecule has 1 unspecified atom stereocenters. The van der Waals surface area contributed by atoms with E-state index in [4.69, 9.17) is 9.47 Å². The number of hydrogen-bond acceptors (Lipinski definition) is 6. The number of rotatable bonds is 9. The highest BCUT2D eigenvalue weighted by Gasteiger charge is 2.46. The molecule has 7 heteroatoms. The van der Waals surface area contributed by atoms with Crippen molar-refractivity contribution in [3.05, 3.63) is 64.7 Å². The zero-order valence-electron chi connectivity index (χ0n) is 19.9. The summed E-state index contributed by atoms with van der Waals surface area (Å²) >= 11 is 0. The van der Waals surface area contributed by atoms with Gasteiger partial charge in [0, 0.05) is 18.7 Å². The molecule has 1 saturated heterocycles. The molecular formula is C26H32N2O5. The minimum absolute atomic E-state index is 0.0919. The zero-order chi connectivity index (χ0) is 24.1. The average molecular weight is 453 g/mol. The molecule has 0 saturated carbocycles. The highest BCUT2D eigenvalue weighted by atomic mass is 16.5. The number of aliphatic hydroxyl groups excluding tert-OH is 1. The fraction of sp³-hybridized carbons (Fsp3) is 0.385. The van der Waals surface area contributed by atoms with Gasteiger partial charge in [0.2, 0.25) is 0 Å². The lowest BCUT2D eigenvalue weighted by Crippen LogP contribution is -2.35. The summed E-state index contributed by atoms with van der Waals surface area (Å²) in [6.45, 7) is 5.41. The van der Waals surface area contributed by atoms with E-state index in [9.17, 15) is 14.7 Å². The van der Waals surface area contributed by atoms with Crippen LogP contribution >= 0.6 is 0 Å². The highest BCUT2D eigenvalue weighted by molar-refractivity contribution is 6.46. The van der Waals surface area contributed by atoms with E-state index < -0.39 is 17.7 Å². The third kappa shape index (κ3) is 5.20. The lowest BCUT2D eigenvalue weighted by Gasteiger charge is -2.26. The molecule has 2 aromatic carbocycles. The van der Waals surface area contributed by atoms with Gasteiger partial charge < -0.3 is 24.4 Å². The van der Waals surface area contributed by atoms with Crippen LogP contribution in [0.15, 0.2) is 48.0 Å². The number of carbonyl (C=O) groups excluding carboxylic acids is 2. The van der Waals surface area contributed by atoms with Crippen molar-refractivity contribution in [2.45, 2.75) is 26.3 Å². The maximum Gasteiger partial charge on any atom is 0.295 e. The van der Waals surface area contributed by atoms with Crippen molar-refractivity contribution in [2.24, 2.45) is 0 Å². The van der Waals surface area contributed by atoms with Crippen LogP contribution in [-0.2, 0) is 9.59 Å². The number of benzene rings is 2. The van der Waals surface area contributed by atoms with E-state index in [1.807, 2.05) is 57.1 Å². The number of carbonyl (C=O) groups is 2. The zero-order valence-corrected chi connectivity index (χ0v) is 19.9. The predicted octanol–water partition coefficient (Wildman–Crippen LogP) is 3.78. The fourth-order valence-electron chi connectivity index (χ4n) is 3.91. The molecule has 0 aliphatic carbocycles. The second kappa shape index (κ2) is 10.5. The van der Waals surface area contributed by atoms with E-state index in [1.54, 1.807) is 25.3 Å². The SMILES string of the molecule is CCCOc1ccc(C2/C(=C(/O)c3ccc(OC)cc3C)C(=O)C(=O)N2CCN(C)C)cc1. The van der Waals surface area contributed by atoms with Crippen LogP contribution in [0.5, 0.6) is 11.5 Å². The second-order valence-corrected chi connectivity index (χ2v) is 8.39. The molecule has 2 aromatic rings.